The third-order valence-electron chi connectivity index (χ3n) is 3.27. The number of guanidine groups is 1. The van der Waals surface area contributed by atoms with Gasteiger partial charge in [0, 0.05) is 6.08 Å². The summed E-state index contributed by atoms with van der Waals surface area (Å²) in [6, 6.07) is 8.55. The lowest BCUT2D eigenvalue weighted by atomic mass is 9.86. The normalized spacial score (nSPS) is 19.7. The predicted molar refractivity (Wildman–Crippen MR) is 87.5 cm³/mol. The Labute approximate surface area is 137 Å². The Bertz CT molecular complexity index is 711. The van der Waals surface area contributed by atoms with E-state index in [2.05, 4.69) is 4.99 Å². The van der Waals surface area contributed by atoms with Crippen molar-refractivity contribution in [3.63, 3.8) is 0 Å². The van der Waals surface area contributed by atoms with Crippen LogP contribution in [0.5, 0.6) is 0 Å². The molecule has 0 heterocycles. The number of aliphatic imine (C=N–C) groups is 1. The Morgan fingerprint density at radius 2 is 1.91 bits per heavy atom. The first kappa shape index (κ1) is 18.2. The third kappa shape index (κ3) is 3.67. The van der Waals surface area contributed by atoms with E-state index in [9.17, 15) is 20.0 Å². The molecular formula is C14H15ClN4O4. The monoisotopic (exact) mass is 338 g/mol. The summed E-state index contributed by atoms with van der Waals surface area (Å²) in [6.07, 6.45) is 2.02. The van der Waals surface area contributed by atoms with Crippen molar-refractivity contribution in [1.29, 1.82) is 0 Å². The van der Waals surface area contributed by atoms with E-state index in [-0.39, 0.29) is 24.4 Å². The SMILES string of the molecule is Cl.NC(N)=NC1([N+](=O)[O-])C=CC(C(=O)O)=C(c2ccccc2)C1. The van der Waals surface area contributed by atoms with Crippen LogP contribution >= 0.6 is 12.4 Å². The fourth-order valence-electron chi connectivity index (χ4n) is 2.30. The summed E-state index contributed by atoms with van der Waals surface area (Å²) in [5, 5.41) is 20.7. The Hall–Kier alpha value is -2.87. The van der Waals surface area contributed by atoms with Crippen molar-refractivity contribution in [1.82, 2.24) is 0 Å². The van der Waals surface area contributed by atoms with Crippen LogP contribution in [0.4, 0.5) is 0 Å². The minimum atomic E-state index is -1.90. The highest BCUT2D eigenvalue weighted by atomic mass is 35.5. The van der Waals surface area contributed by atoms with Crippen LogP contribution in [0.2, 0.25) is 0 Å². The summed E-state index contributed by atoms with van der Waals surface area (Å²) >= 11 is 0. The Morgan fingerprint density at radius 3 is 2.39 bits per heavy atom. The zero-order valence-corrected chi connectivity index (χ0v) is 12.7. The number of carboxylic acids is 1. The summed E-state index contributed by atoms with van der Waals surface area (Å²) in [6.45, 7) is 0. The molecule has 0 radical (unpaired) electrons. The van der Waals surface area contributed by atoms with E-state index < -0.39 is 22.5 Å². The number of hydrogen-bond donors (Lipinski definition) is 3. The Kier molecular flexibility index (Phi) is 5.47. The standard InChI is InChI=1S/C14H14N4O4.ClH/c15-13(16)17-14(18(21)22)7-6-10(12(19)20)11(8-14)9-4-2-1-3-5-9;/h1-7H,8H2,(H,19,20)(H4,15,16,17);1H. The van der Waals surface area contributed by atoms with Gasteiger partial charge in [-0.05, 0) is 17.2 Å². The maximum absolute atomic E-state index is 11.4. The summed E-state index contributed by atoms with van der Waals surface area (Å²) in [7, 11) is 0. The number of rotatable bonds is 4. The van der Waals surface area contributed by atoms with Crippen LogP contribution in [0.3, 0.4) is 0 Å². The fourth-order valence-corrected chi connectivity index (χ4v) is 2.30. The molecule has 0 fully saturated rings. The van der Waals surface area contributed by atoms with E-state index in [1.165, 1.54) is 6.08 Å². The van der Waals surface area contributed by atoms with Gasteiger partial charge in [0.05, 0.1) is 16.9 Å². The molecule has 0 spiro atoms. The molecule has 1 aromatic rings. The van der Waals surface area contributed by atoms with Gasteiger partial charge in [0.2, 0.25) is 0 Å². The summed E-state index contributed by atoms with van der Waals surface area (Å²) < 4.78 is 0. The lowest BCUT2D eigenvalue weighted by molar-refractivity contribution is -0.551. The van der Waals surface area contributed by atoms with Crippen LogP contribution in [-0.4, -0.2) is 27.6 Å². The first-order valence-electron chi connectivity index (χ1n) is 6.32. The molecule has 1 aromatic carbocycles. The van der Waals surface area contributed by atoms with Crippen molar-refractivity contribution < 1.29 is 14.8 Å². The zero-order valence-electron chi connectivity index (χ0n) is 11.9. The first-order valence-corrected chi connectivity index (χ1v) is 6.32. The fraction of sp³-hybridized carbons (Fsp3) is 0.143. The van der Waals surface area contributed by atoms with Crippen molar-refractivity contribution in [3.8, 4) is 0 Å². The van der Waals surface area contributed by atoms with Gasteiger partial charge in [-0.15, -0.1) is 12.4 Å². The minimum absolute atomic E-state index is 0. The number of benzene rings is 1. The van der Waals surface area contributed by atoms with Crippen LogP contribution in [0.25, 0.3) is 5.57 Å². The zero-order chi connectivity index (χ0) is 16.3. The Morgan fingerprint density at radius 1 is 1.30 bits per heavy atom. The molecule has 1 unspecified atom stereocenters. The predicted octanol–water partition coefficient (Wildman–Crippen LogP) is 1.15. The largest absolute Gasteiger partial charge is 0.478 e. The molecule has 2 rings (SSSR count). The van der Waals surface area contributed by atoms with Crippen molar-refractivity contribution in [2.45, 2.75) is 12.1 Å². The second-order valence-corrected chi connectivity index (χ2v) is 4.75. The van der Waals surface area contributed by atoms with E-state index >= 15 is 0 Å². The summed E-state index contributed by atoms with van der Waals surface area (Å²) in [5.41, 5.74) is 9.52. The minimum Gasteiger partial charge on any atom is -0.478 e. The molecule has 0 aromatic heterocycles. The number of nitrogens with two attached hydrogens (primary N) is 2. The van der Waals surface area contributed by atoms with Gasteiger partial charge >= 0.3 is 11.6 Å². The van der Waals surface area contributed by atoms with Crippen molar-refractivity contribution in [3.05, 3.63) is 63.7 Å². The number of aliphatic carboxylic acids is 1. The average molecular weight is 339 g/mol. The molecule has 0 saturated carbocycles. The highest BCUT2D eigenvalue weighted by molar-refractivity contribution is 6.00. The van der Waals surface area contributed by atoms with E-state index in [1.54, 1.807) is 30.3 Å². The molecule has 0 aliphatic heterocycles. The number of carboxylic acid groups (broad SMARTS) is 1. The number of nitro groups is 1. The smallest absolute Gasteiger partial charge is 0.339 e. The average Bonchev–Trinajstić information content (AvgIpc) is 2.47. The number of carbonyl (C=O) groups is 1. The second-order valence-electron chi connectivity index (χ2n) is 4.75. The summed E-state index contributed by atoms with van der Waals surface area (Å²) in [5.74, 6) is -1.61. The lowest BCUT2D eigenvalue weighted by Crippen LogP contribution is -2.40. The molecule has 0 amide bonds. The van der Waals surface area contributed by atoms with Gasteiger partial charge in [-0.3, -0.25) is 10.1 Å². The van der Waals surface area contributed by atoms with E-state index in [4.69, 9.17) is 11.5 Å². The van der Waals surface area contributed by atoms with Gasteiger partial charge in [0.1, 0.15) is 0 Å². The molecule has 1 atom stereocenters. The molecular weight excluding hydrogens is 324 g/mol. The molecule has 5 N–H and O–H groups in total. The molecule has 9 heteroatoms. The van der Waals surface area contributed by atoms with Gasteiger partial charge in [-0.25, -0.2) is 4.79 Å². The van der Waals surface area contributed by atoms with Crippen LogP contribution in [-0.2, 0) is 4.79 Å². The van der Waals surface area contributed by atoms with Crippen molar-refractivity contribution >= 4 is 29.9 Å². The molecule has 122 valence electrons. The maximum Gasteiger partial charge on any atom is 0.339 e. The lowest BCUT2D eigenvalue weighted by Gasteiger charge is -2.24. The van der Waals surface area contributed by atoms with E-state index in [1.807, 2.05) is 0 Å². The molecule has 23 heavy (non-hydrogen) atoms. The maximum atomic E-state index is 11.4. The molecule has 1 aliphatic rings. The summed E-state index contributed by atoms with van der Waals surface area (Å²) in [4.78, 5) is 25.9. The number of nitrogens with zero attached hydrogens (tertiary/aromatic N) is 2. The molecule has 0 saturated heterocycles. The van der Waals surface area contributed by atoms with Crippen LogP contribution in [0.15, 0.2) is 53.0 Å². The number of hydrogen-bond acceptors (Lipinski definition) is 4. The molecule has 8 nitrogen and oxygen atoms in total. The van der Waals surface area contributed by atoms with Crippen molar-refractivity contribution in [2.75, 3.05) is 0 Å². The van der Waals surface area contributed by atoms with Gasteiger partial charge in [0.25, 0.3) is 0 Å². The second kappa shape index (κ2) is 6.93. The molecule has 0 bridgehead atoms. The number of halogens is 1. The highest BCUT2D eigenvalue weighted by Gasteiger charge is 2.44. The highest BCUT2D eigenvalue weighted by Crippen LogP contribution is 2.36. The first-order chi connectivity index (χ1) is 10.4. The van der Waals surface area contributed by atoms with Crippen LogP contribution in [0, 0.1) is 10.1 Å². The quantitative estimate of drug-likeness (QED) is 0.325. The van der Waals surface area contributed by atoms with Gasteiger partial charge in [0.15, 0.2) is 5.96 Å². The van der Waals surface area contributed by atoms with Gasteiger partial charge in [-0.1, -0.05) is 30.3 Å². The van der Waals surface area contributed by atoms with E-state index in [0.29, 0.717) is 11.1 Å². The molecule has 1 aliphatic carbocycles. The third-order valence-corrected chi connectivity index (χ3v) is 3.27. The van der Waals surface area contributed by atoms with Crippen LogP contribution < -0.4 is 11.5 Å². The van der Waals surface area contributed by atoms with Gasteiger partial charge < -0.3 is 16.6 Å². The topological polar surface area (TPSA) is 145 Å². The van der Waals surface area contributed by atoms with Crippen molar-refractivity contribution in [2.24, 2.45) is 16.5 Å². The van der Waals surface area contributed by atoms with Gasteiger partial charge in [-0.2, -0.15) is 4.99 Å². The van der Waals surface area contributed by atoms with Crippen LogP contribution in [0.1, 0.15) is 12.0 Å². The Balaban J connectivity index is 0.00000264. The van der Waals surface area contributed by atoms with E-state index in [0.717, 1.165) is 6.08 Å².